The van der Waals surface area contributed by atoms with Crippen LogP contribution in [0.1, 0.15) is 23.2 Å². The summed E-state index contributed by atoms with van der Waals surface area (Å²) in [4.78, 5) is 30.6. The monoisotopic (exact) mass is 367 g/mol. The van der Waals surface area contributed by atoms with Crippen LogP contribution in [0.15, 0.2) is 42.6 Å². The van der Waals surface area contributed by atoms with Crippen LogP contribution >= 0.6 is 0 Å². The van der Waals surface area contributed by atoms with E-state index in [4.69, 9.17) is 4.74 Å². The quantitative estimate of drug-likeness (QED) is 0.814. The van der Waals surface area contributed by atoms with Crippen molar-refractivity contribution in [1.82, 2.24) is 15.2 Å². The molecule has 6 heteroatoms. The maximum absolute atomic E-state index is 12.5. The van der Waals surface area contributed by atoms with E-state index in [-0.39, 0.29) is 24.2 Å². The van der Waals surface area contributed by atoms with Crippen molar-refractivity contribution in [2.75, 3.05) is 20.2 Å². The molecule has 1 aromatic heterocycles. The van der Waals surface area contributed by atoms with Crippen molar-refractivity contribution >= 4 is 11.8 Å². The van der Waals surface area contributed by atoms with Gasteiger partial charge in [0.15, 0.2) is 0 Å². The summed E-state index contributed by atoms with van der Waals surface area (Å²) in [7, 11) is 1.65. The van der Waals surface area contributed by atoms with E-state index in [9.17, 15) is 9.59 Å². The van der Waals surface area contributed by atoms with Crippen LogP contribution < -0.4 is 10.1 Å². The van der Waals surface area contributed by atoms with Gasteiger partial charge in [0, 0.05) is 25.7 Å². The first kappa shape index (κ1) is 18.9. The summed E-state index contributed by atoms with van der Waals surface area (Å²) in [5.74, 6) is 0.452. The van der Waals surface area contributed by atoms with Gasteiger partial charge in [-0.1, -0.05) is 23.8 Å². The normalized spacial score (nSPS) is 16.4. The van der Waals surface area contributed by atoms with E-state index in [0.717, 1.165) is 22.6 Å². The lowest BCUT2D eigenvalue weighted by molar-refractivity contribution is -0.129. The molecule has 1 atom stereocenters. The van der Waals surface area contributed by atoms with Crippen molar-refractivity contribution in [3.05, 3.63) is 59.4 Å². The van der Waals surface area contributed by atoms with Gasteiger partial charge in [0.1, 0.15) is 5.75 Å². The second-order valence-electron chi connectivity index (χ2n) is 6.85. The van der Waals surface area contributed by atoms with Crippen LogP contribution in [0.3, 0.4) is 0 Å². The molecule has 2 amide bonds. The van der Waals surface area contributed by atoms with E-state index in [0.29, 0.717) is 26.1 Å². The molecular weight excluding hydrogens is 342 g/mol. The standard InChI is InChI=1S/C21H25N3O3/c1-15-6-7-19(27-2)16(11-15)8-10-23-21(26)17-12-20(25)24(13-17)14-18-5-3-4-9-22-18/h3-7,9,11,17H,8,10,12-14H2,1-2H3,(H,23,26). The lowest BCUT2D eigenvalue weighted by Crippen LogP contribution is -2.34. The number of aromatic nitrogens is 1. The van der Waals surface area contributed by atoms with Gasteiger partial charge in [-0.25, -0.2) is 0 Å². The van der Waals surface area contributed by atoms with Crippen molar-refractivity contribution in [2.45, 2.75) is 26.3 Å². The van der Waals surface area contributed by atoms with Crippen LogP contribution in [-0.4, -0.2) is 41.9 Å². The number of ether oxygens (including phenoxy) is 1. The van der Waals surface area contributed by atoms with Crippen LogP contribution in [0.2, 0.25) is 0 Å². The van der Waals surface area contributed by atoms with E-state index in [1.807, 2.05) is 37.3 Å². The van der Waals surface area contributed by atoms with Gasteiger partial charge in [0.2, 0.25) is 11.8 Å². The fraction of sp³-hybridized carbons (Fsp3) is 0.381. The van der Waals surface area contributed by atoms with Crippen molar-refractivity contribution in [2.24, 2.45) is 5.92 Å². The molecule has 27 heavy (non-hydrogen) atoms. The molecule has 0 aliphatic carbocycles. The number of hydrogen-bond donors (Lipinski definition) is 1. The minimum Gasteiger partial charge on any atom is -0.496 e. The number of carbonyl (C=O) groups excluding carboxylic acids is 2. The first-order chi connectivity index (χ1) is 13.1. The molecule has 1 saturated heterocycles. The molecule has 0 saturated carbocycles. The molecule has 2 aromatic rings. The molecule has 1 fully saturated rings. The molecule has 1 aliphatic heterocycles. The summed E-state index contributed by atoms with van der Waals surface area (Å²) in [5.41, 5.74) is 3.05. The van der Waals surface area contributed by atoms with Gasteiger partial charge in [-0.2, -0.15) is 0 Å². The lowest BCUT2D eigenvalue weighted by Gasteiger charge is -2.16. The predicted octanol–water partition coefficient (Wildman–Crippen LogP) is 2.11. The summed E-state index contributed by atoms with van der Waals surface area (Å²) < 4.78 is 5.37. The summed E-state index contributed by atoms with van der Waals surface area (Å²) in [5, 5.41) is 2.96. The van der Waals surface area contributed by atoms with Crippen LogP contribution in [0.4, 0.5) is 0 Å². The number of benzene rings is 1. The van der Waals surface area contributed by atoms with E-state index >= 15 is 0 Å². The second kappa shape index (κ2) is 8.66. The van der Waals surface area contributed by atoms with Gasteiger partial charge >= 0.3 is 0 Å². The number of nitrogens with zero attached hydrogens (tertiary/aromatic N) is 2. The van der Waals surface area contributed by atoms with Gasteiger partial charge in [0.05, 0.1) is 25.3 Å². The minimum atomic E-state index is -0.305. The zero-order chi connectivity index (χ0) is 19.2. The zero-order valence-electron chi connectivity index (χ0n) is 15.8. The summed E-state index contributed by atoms with van der Waals surface area (Å²) in [6.45, 7) is 3.43. The highest BCUT2D eigenvalue weighted by Gasteiger charge is 2.34. The summed E-state index contributed by atoms with van der Waals surface area (Å²) >= 11 is 0. The van der Waals surface area contributed by atoms with Crippen LogP contribution in [-0.2, 0) is 22.6 Å². The van der Waals surface area contributed by atoms with Gasteiger partial charge in [0.25, 0.3) is 0 Å². The fourth-order valence-corrected chi connectivity index (χ4v) is 3.36. The smallest absolute Gasteiger partial charge is 0.225 e. The Morgan fingerprint density at radius 2 is 2.19 bits per heavy atom. The third kappa shape index (κ3) is 4.84. The van der Waals surface area contributed by atoms with E-state index in [1.165, 1.54) is 0 Å². The number of hydrogen-bond acceptors (Lipinski definition) is 4. The molecule has 0 spiro atoms. The Morgan fingerprint density at radius 1 is 1.33 bits per heavy atom. The minimum absolute atomic E-state index is 0.00107. The molecular formula is C21H25N3O3. The zero-order valence-corrected chi connectivity index (χ0v) is 15.8. The van der Waals surface area contributed by atoms with E-state index in [2.05, 4.69) is 16.4 Å². The molecule has 1 unspecified atom stereocenters. The summed E-state index contributed by atoms with van der Waals surface area (Å²) in [6.07, 6.45) is 2.65. The van der Waals surface area contributed by atoms with Crippen molar-refractivity contribution in [1.29, 1.82) is 0 Å². The molecule has 3 rings (SSSR count). The van der Waals surface area contributed by atoms with Crippen LogP contribution in [0.25, 0.3) is 0 Å². The Bertz CT molecular complexity index is 808. The van der Waals surface area contributed by atoms with Crippen molar-refractivity contribution < 1.29 is 14.3 Å². The fourth-order valence-electron chi connectivity index (χ4n) is 3.36. The first-order valence-electron chi connectivity index (χ1n) is 9.15. The Labute approximate surface area is 159 Å². The van der Waals surface area contributed by atoms with Gasteiger partial charge in [-0.05, 0) is 37.1 Å². The van der Waals surface area contributed by atoms with E-state index in [1.54, 1.807) is 18.2 Å². The van der Waals surface area contributed by atoms with Gasteiger partial charge in [-0.15, -0.1) is 0 Å². The second-order valence-corrected chi connectivity index (χ2v) is 6.85. The maximum Gasteiger partial charge on any atom is 0.225 e. The number of likely N-dealkylation sites (tertiary alicyclic amines) is 1. The van der Waals surface area contributed by atoms with Gasteiger partial charge in [-0.3, -0.25) is 14.6 Å². The molecule has 1 N–H and O–H groups in total. The first-order valence-corrected chi connectivity index (χ1v) is 9.15. The number of aryl methyl sites for hydroxylation is 1. The van der Waals surface area contributed by atoms with Crippen LogP contribution in [0, 0.1) is 12.8 Å². The van der Waals surface area contributed by atoms with Crippen molar-refractivity contribution in [3.8, 4) is 5.75 Å². The highest BCUT2D eigenvalue weighted by molar-refractivity contribution is 5.89. The average Bonchev–Trinajstić information content (AvgIpc) is 3.03. The number of carbonyl (C=O) groups is 2. The van der Waals surface area contributed by atoms with Gasteiger partial charge < -0.3 is 15.0 Å². The highest BCUT2D eigenvalue weighted by atomic mass is 16.5. The molecule has 2 heterocycles. The third-order valence-corrected chi connectivity index (χ3v) is 4.79. The Balaban J connectivity index is 1.50. The van der Waals surface area contributed by atoms with Crippen LogP contribution in [0.5, 0.6) is 5.75 Å². The highest BCUT2D eigenvalue weighted by Crippen LogP contribution is 2.21. The largest absolute Gasteiger partial charge is 0.496 e. The molecule has 142 valence electrons. The molecule has 0 bridgehead atoms. The number of pyridine rings is 1. The third-order valence-electron chi connectivity index (χ3n) is 4.79. The Morgan fingerprint density at radius 3 is 2.93 bits per heavy atom. The molecule has 1 aromatic carbocycles. The topological polar surface area (TPSA) is 71.5 Å². The lowest BCUT2D eigenvalue weighted by atomic mass is 10.1. The Hall–Kier alpha value is -2.89. The molecule has 1 aliphatic rings. The SMILES string of the molecule is COc1ccc(C)cc1CCNC(=O)C1CC(=O)N(Cc2ccccn2)C1. The van der Waals surface area contributed by atoms with Crippen molar-refractivity contribution in [3.63, 3.8) is 0 Å². The van der Waals surface area contributed by atoms with E-state index < -0.39 is 0 Å². The molecule has 6 nitrogen and oxygen atoms in total. The maximum atomic E-state index is 12.5. The summed E-state index contributed by atoms with van der Waals surface area (Å²) in [6, 6.07) is 11.6. The number of methoxy groups -OCH3 is 1. The number of rotatable bonds is 7. The molecule has 0 radical (unpaired) electrons. The Kier molecular flexibility index (Phi) is 6.06. The number of nitrogens with one attached hydrogen (secondary N) is 1. The number of amides is 2. The average molecular weight is 367 g/mol. The predicted molar refractivity (Wildman–Crippen MR) is 102 cm³/mol.